The molecular weight excluding hydrogens is 522 g/mol. The first kappa shape index (κ1) is 22.8. The topological polar surface area (TPSA) is 30.2 Å². The Bertz CT molecular complexity index is 2720. The van der Waals surface area contributed by atoms with Crippen molar-refractivity contribution in [3.05, 3.63) is 140 Å². The Morgan fingerprint density at radius 1 is 0.442 bits per heavy atom. The van der Waals surface area contributed by atoms with E-state index in [4.69, 9.17) is 9.97 Å². The minimum atomic E-state index is 0.744. The molecule has 0 saturated heterocycles. The minimum Gasteiger partial charge on any atom is -0.308 e. The summed E-state index contributed by atoms with van der Waals surface area (Å²) in [7, 11) is 0. The fourth-order valence-corrected chi connectivity index (χ4v) is 7.31. The van der Waals surface area contributed by atoms with Crippen molar-refractivity contribution in [2.24, 2.45) is 0 Å². The third kappa shape index (κ3) is 3.03. The summed E-state index contributed by atoms with van der Waals surface area (Å²) in [6.07, 6.45) is 0. The summed E-state index contributed by atoms with van der Waals surface area (Å²) in [6, 6.07) is 49.9. The van der Waals surface area contributed by atoms with Gasteiger partial charge in [-0.25, -0.2) is 9.97 Å². The van der Waals surface area contributed by atoms with Gasteiger partial charge in [-0.05, 0) is 45.8 Å². The summed E-state index contributed by atoms with van der Waals surface area (Å²) in [4.78, 5) is 10.6. The molecular formula is C40H23N3. The third-order valence-corrected chi connectivity index (χ3v) is 9.08. The first-order valence-electron chi connectivity index (χ1n) is 14.7. The Labute approximate surface area is 246 Å². The van der Waals surface area contributed by atoms with Gasteiger partial charge in [0.25, 0.3) is 0 Å². The monoisotopic (exact) mass is 545 g/mol. The van der Waals surface area contributed by atoms with Crippen LogP contribution in [0.4, 0.5) is 0 Å². The van der Waals surface area contributed by atoms with E-state index in [1.54, 1.807) is 0 Å². The lowest BCUT2D eigenvalue weighted by Crippen LogP contribution is -1.96. The fraction of sp³-hybridized carbons (Fsp3) is 0. The van der Waals surface area contributed by atoms with Crippen molar-refractivity contribution in [2.75, 3.05) is 0 Å². The average molecular weight is 546 g/mol. The van der Waals surface area contributed by atoms with Gasteiger partial charge in [0, 0.05) is 38.1 Å². The molecule has 0 spiro atoms. The Morgan fingerprint density at radius 3 is 1.98 bits per heavy atom. The van der Waals surface area contributed by atoms with Crippen LogP contribution in [0.2, 0.25) is 0 Å². The summed E-state index contributed by atoms with van der Waals surface area (Å²) >= 11 is 0. The van der Waals surface area contributed by atoms with E-state index in [1.807, 2.05) is 6.07 Å². The van der Waals surface area contributed by atoms with Crippen LogP contribution in [0.1, 0.15) is 0 Å². The molecule has 0 aliphatic carbocycles. The van der Waals surface area contributed by atoms with Crippen molar-refractivity contribution in [3.63, 3.8) is 0 Å². The minimum absolute atomic E-state index is 0.744. The van der Waals surface area contributed by atoms with Gasteiger partial charge in [-0.1, -0.05) is 115 Å². The van der Waals surface area contributed by atoms with E-state index in [-0.39, 0.29) is 0 Å². The van der Waals surface area contributed by atoms with Crippen LogP contribution in [0, 0.1) is 0 Å². The number of rotatable bonds is 2. The maximum Gasteiger partial charge on any atom is 0.161 e. The molecule has 10 aromatic rings. The highest BCUT2D eigenvalue weighted by Crippen LogP contribution is 2.46. The summed E-state index contributed by atoms with van der Waals surface area (Å²) in [6.45, 7) is 0. The zero-order chi connectivity index (χ0) is 28.1. The van der Waals surface area contributed by atoms with E-state index in [2.05, 4.69) is 138 Å². The molecule has 0 unspecified atom stereocenters. The summed E-state index contributed by atoms with van der Waals surface area (Å²) < 4.78 is 2.48. The zero-order valence-electron chi connectivity index (χ0n) is 23.1. The molecule has 3 heteroatoms. The van der Waals surface area contributed by atoms with Crippen LogP contribution in [0.5, 0.6) is 0 Å². The van der Waals surface area contributed by atoms with Gasteiger partial charge in [-0.3, -0.25) is 0 Å². The zero-order valence-corrected chi connectivity index (χ0v) is 23.1. The molecule has 0 saturated carbocycles. The SMILES string of the molecule is c1ccc(-c2nc(-c3cc4ccc5cccc6c7ccccc7n7c8ccccc8c3c7c4c56)nc3ccccc23)cc1. The van der Waals surface area contributed by atoms with Gasteiger partial charge < -0.3 is 4.40 Å². The van der Waals surface area contributed by atoms with E-state index in [9.17, 15) is 0 Å². The summed E-state index contributed by atoms with van der Waals surface area (Å²) in [5.74, 6) is 0.744. The molecule has 0 fully saturated rings. The lowest BCUT2D eigenvalue weighted by atomic mass is 9.93. The number of para-hydroxylation sites is 3. The van der Waals surface area contributed by atoms with E-state index >= 15 is 0 Å². The summed E-state index contributed by atoms with van der Waals surface area (Å²) in [5, 5.41) is 11.0. The second kappa shape index (κ2) is 8.37. The number of benzene rings is 7. The van der Waals surface area contributed by atoms with Crippen molar-refractivity contribution in [3.8, 4) is 22.6 Å². The highest BCUT2D eigenvalue weighted by molar-refractivity contribution is 6.34. The Balaban J connectivity index is 1.49. The molecule has 0 bridgehead atoms. The average Bonchev–Trinajstić information content (AvgIpc) is 3.35. The molecule has 3 heterocycles. The maximum absolute atomic E-state index is 5.34. The Morgan fingerprint density at radius 2 is 1.12 bits per heavy atom. The molecule has 0 aliphatic heterocycles. The maximum atomic E-state index is 5.34. The first-order valence-corrected chi connectivity index (χ1v) is 14.7. The highest BCUT2D eigenvalue weighted by Gasteiger charge is 2.23. The van der Waals surface area contributed by atoms with Gasteiger partial charge in [0.05, 0.1) is 27.8 Å². The predicted molar refractivity (Wildman–Crippen MR) is 180 cm³/mol. The van der Waals surface area contributed by atoms with Gasteiger partial charge in [-0.2, -0.15) is 0 Å². The van der Waals surface area contributed by atoms with Crippen LogP contribution in [-0.2, 0) is 0 Å². The van der Waals surface area contributed by atoms with Crippen molar-refractivity contribution in [1.29, 1.82) is 0 Å². The van der Waals surface area contributed by atoms with Crippen LogP contribution in [0.25, 0.3) is 93.2 Å². The lowest BCUT2D eigenvalue weighted by Gasteiger charge is -2.13. The number of hydrogen-bond donors (Lipinski definition) is 0. The normalized spacial score (nSPS) is 12.2. The van der Waals surface area contributed by atoms with Gasteiger partial charge in [0.1, 0.15) is 0 Å². The molecule has 10 rings (SSSR count). The third-order valence-electron chi connectivity index (χ3n) is 9.08. The highest BCUT2D eigenvalue weighted by atomic mass is 14.9. The molecule has 0 atom stereocenters. The molecule has 0 N–H and O–H groups in total. The Kier molecular flexibility index (Phi) is 4.45. The lowest BCUT2D eigenvalue weighted by molar-refractivity contribution is 1.24. The molecule has 7 aromatic carbocycles. The molecule has 3 aromatic heterocycles. The number of hydrogen-bond acceptors (Lipinski definition) is 2. The van der Waals surface area contributed by atoms with Crippen LogP contribution in [0.15, 0.2) is 140 Å². The van der Waals surface area contributed by atoms with Crippen LogP contribution < -0.4 is 0 Å². The second-order valence-electron chi connectivity index (χ2n) is 11.4. The van der Waals surface area contributed by atoms with Gasteiger partial charge in [0.15, 0.2) is 5.82 Å². The molecule has 198 valence electrons. The largest absolute Gasteiger partial charge is 0.308 e. The molecule has 3 nitrogen and oxygen atoms in total. The van der Waals surface area contributed by atoms with Crippen LogP contribution in [-0.4, -0.2) is 14.4 Å². The van der Waals surface area contributed by atoms with Gasteiger partial charge in [-0.15, -0.1) is 0 Å². The van der Waals surface area contributed by atoms with Crippen LogP contribution in [0.3, 0.4) is 0 Å². The first-order chi connectivity index (χ1) is 21.3. The van der Waals surface area contributed by atoms with E-state index in [0.29, 0.717) is 0 Å². The van der Waals surface area contributed by atoms with E-state index in [1.165, 1.54) is 59.6 Å². The number of nitrogens with zero attached hydrogens (tertiary/aromatic N) is 3. The van der Waals surface area contributed by atoms with Crippen LogP contribution >= 0.6 is 0 Å². The molecule has 43 heavy (non-hydrogen) atoms. The predicted octanol–water partition coefficient (Wildman–Crippen LogP) is 10.4. The van der Waals surface area contributed by atoms with Crippen molar-refractivity contribution < 1.29 is 0 Å². The second-order valence-corrected chi connectivity index (χ2v) is 11.4. The number of aromatic nitrogens is 3. The van der Waals surface area contributed by atoms with Crippen molar-refractivity contribution in [1.82, 2.24) is 14.4 Å². The Hall–Kier alpha value is -5.80. The molecule has 0 aliphatic rings. The van der Waals surface area contributed by atoms with E-state index in [0.717, 1.165) is 33.5 Å². The fourth-order valence-electron chi connectivity index (χ4n) is 7.31. The van der Waals surface area contributed by atoms with Gasteiger partial charge in [0.2, 0.25) is 0 Å². The van der Waals surface area contributed by atoms with E-state index < -0.39 is 0 Å². The number of fused-ring (bicyclic) bond motifs is 7. The molecule has 0 amide bonds. The molecule has 0 radical (unpaired) electrons. The smallest absolute Gasteiger partial charge is 0.161 e. The quantitative estimate of drug-likeness (QED) is 0.202. The van der Waals surface area contributed by atoms with Gasteiger partial charge >= 0.3 is 0 Å². The summed E-state index contributed by atoms with van der Waals surface area (Å²) in [5.41, 5.74) is 7.64. The standard InChI is InChI=1S/C40H23N3/c1-2-11-25(12-3-1)38-29-15-4-7-18-32(29)41-40(42-38)31-23-26-22-21-24-13-10-17-28-27-14-5-8-19-33(27)43-34-20-9-6-16-30(34)37(31)39(43)36(26)35(24)28/h1-23H. The van der Waals surface area contributed by atoms with Crippen molar-refractivity contribution >= 4 is 70.5 Å². The van der Waals surface area contributed by atoms with Crippen molar-refractivity contribution in [2.45, 2.75) is 0 Å².